The van der Waals surface area contributed by atoms with E-state index < -0.39 is 0 Å². The molecule has 1 aromatic heterocycles. The third-order valence-electron chi connectivity index (χ3n) is 5.41. The second-order valence-electron chi connectivity index (χ2n) is 7.25. The lowest BCUT2D eigenvalue weighted by molar-refractivity contribution is -0.929. The van der Waals surface area contributed by atoms with Crippen LogP contribution >= 0.6 is 11.8 Å². The first-order valence-electron chi connectivity index (χ1n) is 10.1. The highest BCUT2D eigenvalue weighted by atomic mass is 32.2. The van der Waals surface area contributed by atoms with E-state index in [0.29, 0.717) is 11.8 Å². The lowest BCUT2D eigenvalue weighted by atomic mass is 9.96. The summed E-state index contributed by atoms with van der Waals surface area (Å²) in [4.78, 5) is 20.5. The van der Waals surface area contributed by atoms with E-state index in [-0.39, 0.29) is 5.91 Å². The number of nitrogens with one attached hydrogen (secondary N) is 1. The zero-order chi connectivity index (χ0) is 19.9. The second-order valence-corrected chi connectivity index (χ2v) is 8.25. The molecule has 0 unspecified atom stereocenters. The van der Waals surface area contributed by atoms with Crippen LogP contribution in [0.1, 0.15) is 17.2 Å². The van der Waals surface area contributed by atoms with Gasteiger partial charge >= 0.3 is 0 Å². The van der Waals surface area contributed by atoms with Gasteiger partial charge in [-0.25, -0.2) is 4.98 Å². The van der Waals surface area contributed by atoms with Crippen molar-refractivity contribution >= 4 is 17.7 Å². The Morgan fingerprint density at radius 3 is 2.03 bits per heavy atom. The van der Waals surface area contributed by atoms with Gasteiger partial charge in [-0.1, -0.05) is 78.5 Å². The van der Waals surface area contributed by atoms with Crippen LogP contribution in [-0.2, 0) is 4.79 Å². The van der Waals surface area contributed by atoms with Gasteiger partial charge in [0.15, 0.2) is 0 Å². The van der Waals surface area contributed by atoms with Crippen molar-refractivity contribution < 1.29 is 9.69 Å². The average Bonchev–Trinajstić information content (AvgIpc) is 2.80. The van der Waals surface area contributed by atoms with E-state index in [1.54, 1.807) is 6.20 Å². The first kappa shape index (κ1) is 19.7. The van der Waals surface area contributed by atoms with Crippen LogP contribution in [0.5, 0.6) is 0 Å². The molecule has 2 aromatic carbocycles. The molecule has 0 radical (unpaired) electrons. The number of nitrogens with zero attached hydrogens (tertiary/aromatic N) is 2. The Labute approximate surface area is 176 Å². The summed E-state index contributed by atoms with van der Waals surface area (Å²) in [6.45, 7) is 3.50. The van der Waals surface area contributed by atoms with Crippen LogP contribution in [0.25, 0.3) is 0 Å². The van der Waals surface area contributed by atoms with E-state index in [9.17, 15) is 4.79 Å². The first-order chi connectivity index (χ1) is 14.3. The van der Waals surface area contributed by atoms with Crippen LogP contribution in [0.4, 0.5) is 0 Å². The van der Waals surface area contributed by atoms with Crippen molar-refractivity contribution in [2.75, 3.05) is 31.9 Å². The minimum absolute atomic E-state index is 0.204. The topological polar surface area (TPSA) is 37.6 Å². The quantitative estimate of drug-likeness (QED) is 0.642. The molecule has 148 valence electrons. The molecule has 0 spiro atoms. The molecule has 1 fully saturated rings. The average molecular weight is 405 g/mol. The molecule has 1 aliphatic heterocycles. The van der Waals surface area contributed by atoms with Gasteiger partial charge in [-0.2, -0.15) is 0 Å². The monoisotopic (exact) mass is 404 g/mol. The Hall–Kier alpha value is -2.63. The number of piperazine rings is 1. The van der Waals surface area contributed by atoms with Gasteiger partial charge in [-0.3, -0.25) is 4.79 Å². The largest absolute Gasteiger partial charge is 0.331 e. The lowest BCUT2D eigenvalue weighted by Crippen LogP contribution is -3.15. The molecule has 0 saturated carbocycles. The molecular formula is C24H26N3OS+. The van der Waals surface area contributed by atoms with Crippen LogP contribution in [-0.4, -0.2) is 47.7 Å². The molecule has 0 bridgehead atoms. The third kappa shape index (κ3) is 5.05. The smallest absolute Gasteiger partial charge is 0.233 e. The number of aromatic nitrogens is 1. The number of rotatable bonds is 6. The Bertz CT molecular complexity index is 858. The maximum absolute atomic E-state index is 12.7. The summed E-state index contributed by atoms with van der Waals surface area (Å²) < 4.78 is 0. The highest BCUT2D eigenvalue weighted by Gasteiger charge is 2.31. The number of hydrogen-bond donors (Lipinski definition) is 1. The van der Waals surface area contributed by atoms with Crippen molar-refractivity contribution in [3.8, 4) is 0 Å². The van der Waals surface area contributed by atoms with Gasteiger partial charge in [0.05, 0.1) is 37.0 Å². The summed E-state index contributed by atoms with van der Waals surface area (Å²) in [5.74, 6) is 0.656. The van der Waals surface area contributed by atoms with E-state index in [1.165, 1.54) is 27.8 Å². The normalized spacial score (nSPS) is 14.9. The lowest BCUT2D eigenvalue weighted by Gasteiger charge is -2.37. The van der Waals surface area contributed by atoms with Crippen LogP contribution < -0.4 is 4.90 Å². The number of carbonyl (C=O) groups excluding carboxylic acids is 1. The van der Waals surface area contributed by atoms with Crippen LogP contribution in [0.15, 0.2) is 90.1 Å². The number of amides is 1. The van der Waals surface area contributed by atoms with Crippen molar-refractivity contribution in [1.29, 1.82) is 0 Å². The molecule has 1 amide bonds. The van der Waals surface area contributed by atoms with Gasteiger partial charge in [0, 0.05) is 17.3 Å². The molecule has 0 aliphatic carbocycles. The van der Waals surface area contributed by atoms with Gasteiger partial charge in [0.25, 0.3) is 0 Å². The van der Waals surface area contributed by atoms with Crippen molar-refractivity contribution in [3.05, 3.63) is 96.2 Å². The summed E-state index contributed by atoms with van der Waals surface area (Å²) in [6.07, 6.45) is 1.77. The number of carbonyl (C=O) groups is 1. The Morgan fingerprint density at radius 1 is 0.897 bits per heavy atom. The van der Waals surface area contributed by atoms with Gasteiger partial charge in [-0.05, 0) is 12.1 Å². The maximum Gasteiger partial charge on any atom is 0.233 e. The first-order valence-corrected chi connectivity index (χ1v) is 11.1. The molecular weight excluding hydrogens is 378 g/mol. The minimum Gasteiger partial charge on any atom is -0.331 e. The van der Waals surface area contributed by atoms with E-state index in [1.807, 2.05) is 23.1 Å². The summed E-state index contributed by atoms with van der Waals surface area (Å²) in [5, 5.41) is 0.901. The fourth-order valence-electron chi connectivity index (χ4n) is 3.95. The van der Waals surface area contributed by atoms with Crippen molar-refractivity contribution in [3.63, 3.8) is 0 Å². The molecule has 0 atom stereocenters. The molecule has 3 aromatic rings. The van der Waals surface area contributed by atoms with Crippen molar-refractivity contribution in [2.45, 2.75) is 11.1 Å². The second kappa shape index (κ2) is 9.72. The predicted octanol–water partition coefficient (Wildman–Crippen LogP) is 2.69. The summed E-state index contributed by atoms with van der Waals surface area (Å²) in [6, 6.07) is 27.5. The number of benzene rings is 2. The van der Waals surface area contributed by atoms with Gasteiger partial charge in [0.1, 0.15) is 6.04 Å². The van der Waals surface area contributed by atoms with E-state index in [2.05, 4.69) is 65.6 Å². The van der Waals surface area contributed by atoms with Crippen LogP contribution in [0.2, 0.25) is 0 Å². The highest BCUT2D eigenvalue weighted by Crippen LogP contribution is 2.19. The zero-order valence-corrected chi connectivity index (χ0v) is 17.2. The summed E-state index contributed by atoms with van der Waals surface area (Å²) in [5.41, 5.74) is 2.67. The number of hydrogen-bond acceptors (Lipinski definition) is 3. The molecule has 5 heteroatoms. The van der Waals surface area contributed by atoms with E-state index in [4.69, 9.17) is 0 Å². The molecule has 1 saturated heterocycles. The summed E-state index contributed by atoms with van der Waals surface area (Å²) in [7, 11) is 0. The molecule has 1 N–H and O–H groups in total. The maximum atomic E-state index is 12.7. The SMILES string of the molecule is O=C(CSc1ccccn1)N1CC[NH+](C(c2ccccc2)c2ccccc2)CC1. The fourth-order valence-corrected chi connectivity index (χ4v) is 4.71. The number of pyridine rings is 1. The number of quaternary nitrogens is 1. The predicted molar refractivity (Wildman–Crippen MR) is 117 cm³/mol. The minimum atomic E-state index is 0.204. The third-order valence-corrected chi connectivity index (χ3v) is 6.34. The van der Waals surface area contributed by atoms with Gasteiger partial charge in [-0.15, -0.1) is 0 Å². The van der Waals surface area contributed by atoms with Crippen molar-refractivity contribution in [2.24, 2.45) is 0 Å². The highest BCUT2D eigenvalue weighted by molar-refractivity contribution is 7.99. The number of thioether (sulfide) groups is 1. The standard InChI is InChI=1S/C24H25N3OS/c28-23(19-29-22-13-7-8-14-25-22)26-15-17-27(18-16-26)24(20-9-3-1-4-10-20)21-11-5-2-6-12-21/h1-14,24H,15-19H2/p+1. The molecule has 4 rings (SSSR count). The van der Waals surface area contributed by atoms with E-state index >= 15 is 0 Å². The zero-order valence-electron chi connectivity index (χ0n) is 16.4. The van der Waals surface area contributed by atoms with Crippen molar-refractivity contribution in [1.82, 2.24) is 9.88 Å². The molecule has 29 heavy (non-hydrogen) atoms. The van der Waals surface area contributed by atoms with Gasteiger partial charge < -0.3 is 9.80 Å². The fraction of sp³-hybridized carbons (Fsp3) is 0.250. The molecule has 4 nitrogen and oxygen atoms in total. The Balaban J connectivity index is 1.40. The van der Waals surface area contributed by atoms with E-state index in [0.717, 1.165) is 31.2 Å². The van der Waals surface area contributed by atoms with Crippen LogP contribution in [0, 0.1) is 0 Å². The summed E-state index contributed by atoms with van der Waals surface area (Å²) >= 11 is 1.51. The van der Waals surface area contributed by atoms with Crippen LogP contribution in [0.3, 0.4) is 0 Å². The molecule has 2 heterocycles. The Morgan fingerprint density at radius 2 is 1.48 bits per heavy atom. The Kier molecular flexibility index (Phi) is 6.60. The molecule has 1 aliphatic rings. The van der Waals surface area contributed by atoms with Gasteiger partial charge in [0.2, 0.25) is 5.91 Å².